The predicted octanol–water partition coefficient (Wildman–Crippen LogP) is 3.74. The smallest absolute Gasteiger partial charge is 0.410 e. The summed E-state index contributed by atoms with van der Waals surface area (Å²) < 4.78 is 36.8. The van der Waals surface area contributed by atoms with Crippen molar-refractivity contribution in [1.82, 2.24) is 4.90 Å². The molecule has 1 aromatic carbocycles. The zero-order valence-corrected chi connectivity index (χ0v) is 13.1. The highest BCUT2D eigenvalue weighted by Gasteiger charge is 2.32. The molecule has 1 heterocycles. The normalized spacial score (nSPS) is 18.4. The van der Waals surface area contributed by atoms with Crippen molar-refractivity contribution in [2.75, 3.05) is 13.2 Å². The van der Waals surface area contributed by atoms with Crippen molar-refractivity contribution in [3.63, 3.8) is 0 Å². The van der Waals surface area contributed by atoms with Crippen LogP contribution in [0.5, 0.6) is 5.75 Å². The van der Waals surface area contributed by atoms with Gasteiger partial charge in [0, 0.05) is 12.6 Å². The summed E-state index contributed by atoms with van der Waals surface area (Å²) >= 11 is 0. The molecule has 1 fully saturated rings. The third-order valence-corrected chi connectivity index (χ3v) is 3.34. The third-order valence-electron chi connectivity index (χ3n) is 3.34. The largest absolute Gasteiger partial charge is 0.491 e. The molecule has 0 bridgehead atoms. The highest BCUT2D eigenvalue weighted by molar-refractivity contribution is 5.69. The van der Waals surface area contributed by atoms with Crippen LogP contribution >= 0.6 is 0 Å². The van der Waals surface area contributed by atoms with Gasteiger partial charge in [-0.2, -0.15) is 0 Å². The van der Waals surface area contributed by atoms with Gasteiger partial charge in [-0.3, -0.25) is 0 Å². The molecule has 0 saturated carbocycles. The van der Waals surface area contributed by atoms with Gasteiger partial charge in [-0.25, -0.2) is 13.6 Å². The van der Waals surface area contributed by atoms with Crippen LogP contribution in [-0.4, -0.2) is 35.8 Å². The van der Waals surface area contributed by atoms with Gasteiger partial charge in [0.25, 0.3) is 0 Å². The van der Waals surface area contributed by atoms with E-state index in [4.69, 9.17) is 9.47 Å². The van der Waals surface area contributed by atoms with E-state index >= 15 is 0 Å². The van der Waals surface area contributed by atoms with Crippen LogP contribution in [0, 0.1) is 11.6 Å². The van der Waals surface area contributed by atoms with Gasteiger partial charge >= 0.3 is 6.09 Å². The SMILES string of the molecule is CC(C)(C)OC(=O)N1CCCC1COc1ccc(F)c(F)c1. The number of benzene rings is 1. The van der Waals surface area contributed by atoms with Crippen LogP contribution in [0.2, 0.25) is 0 Å². The van der Waals surface area contributed by atoms with Crippen LogP contribution in [0.4, 0.5) is 13.6 Å². The highest BCUT2D eigenvalue weighted by atomic mass is 19.2. The Morgan fingerprint density at radius 1 is 1.32 bits per heavy atom. The second kappa shape index (κ2) is 6.50. The Labute approximate surface area is 129 Å². The molecule has 0 spiro atoms. The topological polar surface area (TPSA) is 38.8 Å². The zero-order chi connectivity index (χ0) is 16.3. The minimum atomic E-state index is -0.951. The van der Waals surface area contributed by atoms with Gasteiger partial charge in [0.05, 0.1) is 6.04 Å². The Bertz CT molecular complexity index is 543. The lowest BCUT2D eigenvalue weighted by atomic mass is 10.2. The third kappa shape index (κ3) is 4.32. The molecule has 22 heavy (non-hydrogen) atoms. The number of rotatable bonds is 3. The van der Waals surface area contributed by atoms with Gasteiger partial charge in [-0.1, -0.05) is 0 Å². The molecule has 1 atom stereocenters. The summed E-state index contributed by atoms with van der Waals surface area (Å²) in [6.45, 7) is 6.28. The summed E-state index contributed by atoms with van der Waals surface area (Å²) in [6.07, 6.45) is 1.29. The molecule has 2 rings (SSSR count). The van der Waals surface area contributed by atoms with Crippen LogP contribution in [0.3, 0.4) is 0 Å². The van der Waals surface area contributed by atoms with Gasteiger partial charge in [0.1, 0.15) is 18.0 Å². The molecule has 1 unspecified atom stereocenters. The zero-order valence-electron chi connectivity index (χ0n) is 13.1. The van der Waals surface area contributed by atoms with E-state index in [1.807, 2.05) is 20.8 Å². The maximum absolute atomic E-state index is 13.1. The van der Waals surface area contributed by atoms with E-state index in [9.17, 15) is 13.6 Å². The van der Waals surface area contributed by atoms with Crippen LogP contribution in [0.15, 0.2) is 18.2 Å². The fourth-order valence-electron chi connectivity index (χ4n) is 2.33. The van der Waals surface area contributed by atoms with Crippen LogP contribution < -0.4 is 4.74 Å². The fourth-order valence-corrected chi connectivity index (χ4v) is 2.33. The molecule has 1 aliphatic rings. The molecule has 1 aliphatic heterocycles. The summed E-state index contributed by atoms with van der Waals surface area (Å²) in [5.74, 6) is -1.62. The minimum Gasteiger partial charge on any atom is -0.491 e. The van der Waals surface area contributed by atoms with Crippen molar-refractivity contribution < 1.29 is 23.0 Å². The van der Waals surface area contributed by atoms with E-state index in [0.29, 0.717) is 6.54 Å². The average Bonchev–Trinajstić information content (AvgIpc) is 2.87. The number of likely N-dealkylation sites (tertiary alicyclic amines) is 1. The monoisotopic (exact) mass is 313 g/mol. The standard InChI is InChI=1S/C16H21F2NO3/c1-16(2,3)22-15(20)19-8-4-5-11(19)10-21-12-6-7-13(17)14(18)9-12/h6-7,9,11H,4-5,8,10H2,1-3H3. The summed E-state index contributed by atoms with van der Waals surface area (Å²) in [5, 5.41) is 0. The molecule has 1 aromatic rings. The summed E-state index contributed by atoms with van der Waals surface area (Å²) in [5.41, 5.74) is -0.550. The Kier molecular flexibility index (Phi) is 4.88. The molecule has 1 amide bonds. The minimum absolute atomic E-state index is 0.122. The first-order valence-electron chi connectivity index (χ1n) is 7.34. The van der Waals surface area contributed by atoms with Gasteiger partial charge in [-0.05, 0) is 45.7 Å². The van der Waals surface area contributed by atoms with Crippen LogP contribution in [0.1, 0.15) is 33.6 Å². The molecular weight excluding hydrogens is 292 g/mol. The lowest BCUT2D eigenvalue weighted by Crippen LogP contribution is -2.42. The van der Waals surface area contributed by atoms with Crippen molar-refractivity contribution >= 4 is 6.09 Å². The first-order valence-corrected chi connectivity index (χ1v) is 7.34. The Balaban J connectivity index is 1.93. The Hall–Kier alpha value is -1.85. The number of nitrogens with zero attached hydrogens (tertiary/aromatic N) is 1. The lowest BCUT2D eigenvalue weighted by molar-refractivity contribution is 0.0187. The van der Waals surface area contributed by atoms with Crippen molar-refractivity contribution in [3.8, 4) is 5.75 Å². The van der Waals surface area contributed by atoms with Crippen molar-refractivity contribution in [3.05, 3.63) is 29.8 Å². The number of carbonyl (C=O) groups is 1. The Morgan fingerprint density at radius 3 is 2.68 bits per heavy atom. The van der Waals surface area contributed by atoms with Gasteiger partial charge in [-0.15, -0.1) is 0 Å². The van der Waals surface area contributed by atoms with Crippen molar-refractivity contribution in [1.29, 1.82) is 0 Å². The lowest BCUT2D eigenvalue weighted by Gasteiger charge is -2.28. The maximum Gasteiger partial charge on any atom is 0.410 e. The van der Waals surface area contributed by atoms with Crippen LogP contribution in [-0.2, 0) is 4.74 Å². The second-order valence-electron chi connectivity index (χ2n) is 6.36. The number of ether oxygens (including phenoxy) is 2. The van der Waals surface area contributed by atoms with Gasteiger partial charge in [0.2, 0.25) is 0 Å². The molecule has 1 saturated heterocycles. The van der Waals surface area contributed by atoms with Crippen molar-refractivity contribution in [2.24, 2.45) is 0 Å². The van der Waals surface area contributed by atoms with Crippen molar-refractivity contribution in [2.45, 2.75) is 45.3 Å². The molecule has 0 aliphatic carbocycles. The number of hydrogen-bond donors (Lipinski definition) is 0. The molecular formula is C16H21F2NO3. The molecule has 0 radical (unpaired) electrons. The van der Waals surface area contributed by atoms with E-state index in [1.165, 1.54) is 6.07 Å². The molecule has 4 nitrogen and oxygen atoms in total. The van der Waals surface area contributed by atoms with E-state index in [1.54, 1.807) is 4.90 Å². The summed E-state index contributed by atoms with van der Waals surface area (Å²) in [4.78, 5) is 13.8. The summed E-state index contributed by atoms with van der Waals surface area (Å²) in [7, 11) is 0. The van der Waals surface area contributed by atoms with E-state index in [0.717, 1.165) is 25.0 Å². The molecule has 122 valence electrons. The van der Waals surface area contributed by atoms with Gasteiger partial charge < -0.3 is 14.4 Å². The number of amides is 1. The summed E-state index contributed by atoms with van der Waals surface area (Å²) in [6, 6.07) is 3.26. The van der Waals surface area contributed by atoms with E-state index in [-0.39, 0.29) is 24.5 Å². The molecule has 0 N–H and O–H groups in total. The number of hydrogen-bond acceptors (Lipinski definition) is 3. The molecule has 6 heteroatoms. The van der Waals surface area contributed by atoms with E-state index < -0.39 is 17.2 Å². The predicted molar refractivity (Wildman–Crippen MR) is 77.8 cm³/mol. The second-order valence-corrected chi connectivity index (χ2v) is 6.36. The first-order chi connectivity index (χ1) is 10.3. The first kappa shape index (κ1) is 16.5. The fraction of sp³-hybridized carbons (Fsp3) is 0.562. The molecule has 0 aromatic heterocycles. The maximum atomic E-state index is 13.1. The Morgan fingerprint density at radius 2 is 2.05 bits per heavy atom. The quantitative estimate of drug-likeness (QED) is 0.853. The van der Waals surface area contributed by atoms with E-state index in [2.05, 4.69) is 0 Å². The number of carbonyl (C=O) groups excluding carboxylic acids is 1. The average molecular weight is 313 g/mol. The number of halogens is 2. The highest BCUT2D eigenvalue weighted by Crippen LogP contribution is 2.22. The van der Waals surface area contributed by atoms with Gasteiger partial charge in [0.15, 0.2) is 11.6 Å². The van der Waals surface area contributed by atoms with Crippen LogP contribution in [0.25, 0.3) is 0 Å².